The van der Waals surface area contributed by atoms with Crippen LogP contribution in [0.25, 0.3) is 0 Å². The third-order valence-corrected chi connectivity index (χ3v) is 2.20. The van der Waals surface area contributed by atoms with Crippen molar-refractivity contribution >= 4 is 0 Å². The Bertz CT molecular complexity index is 248. The molecule has 0 unspecified atom stereocenters. The SMILES string of the molecule is OC[C@@H](O)[C@H](O)CCc1ccccc1. The summed E-state index contributed by atoms with van der Waals surface area (Å²) in [6.45, 7) is -0.393. The van der Waals surface area contributed by atoms with Crippen molar-refractivity contribution in [3.05, 3.63) is 35.9 Å². The fourth-order valence-electron chi connectivity index (χ4n) is 1.27. The molecule has 3 nitrogen and oxygen atoms in total. The van der Waals surface area contributed by atoms with Gasteiger partial charge in [0, 0.05) is 0 Å². The molecule has 0 aromatic heterocycles. The number of hydrogen-bond acceptors (Lipinski definition) is 3. The number of aliphatic hydroxyl groups excluding tert-OH is 3. The zero-order valence-corrected chi connectivity index (χ0v) is 8.00. The fourth-order valence-corrected chi connectivity index (χ4v) is 1.27. The number of aliphatic hydroxyl groups is 3. The summed E-state index contributed by atoms with van der Waals surface area (Å²) >= 11 is 0. The van der Waals surface area contributed by atoms with E-state index in [1.807, 2.05) is 30.3 Å². The summed E-state index contributed by atoms with van der Waals surface area (Å²) in [5.41, 5.74) is 1.12. The maximum absolute atomic E-state index is 9.37. The molecule has 3 N–H and O–H groups in total. The average molecular weight is 196 g/mol. The van der Waals surface area contributed by atoms with E-state index in [4.69, 9.17) is 10.2 Å². The molecule has 0 amide bonds. The predicted molar refractivity (Wildman–Crippen MR) is 53.9 cm³/mol. The molecule has 0 radical (unpaired) electrons. The molecular weight excluding hydrogens is 180 g/mol. The summed E-state index contributed by atoms with van der Waals surface area (Å²) in [5, 5.41) is 27.1. The Hall–Kier alpha value is -0.900. The van der Waals surface area contributed by atoms with Gasteiger partial charge in [0.05, 0.1) is 12.7 Å². The minimum absolute atomic E-state index is 0.393. The Balaban J connectivity index is 2.34. The van der Waals surface area contributed by atoms with Crippen LogP contribution in [-0.4, -0.2) is 34.1 Å². The van der Waals surface area contributed by atoms with E-state index in [0.29, 0.717) is 12.8 Å². The first kappa shape index (κ1) is 11.2. The van der Waals surface area contributed by atoms with Gasteiger partial charge in [0.25, 0.3) is 0 Å². The van der Waals surface area contributed by atoms with Crippen LogP contribution in [0.5, 0.6) is 0 Å². The van der Waals surface area contributed by atoms with Crippen LogP contribution >= 0.6 is 0 Å². The number of hydrogen-bond donors (Lipinski definition) is 3. The van der Waals surface area contributed by atoms with E-state index < -0.39 is 18.8 Å². The lowest BCUT2D eigenvalue weighted by Crippen LogP contribution is -2.29. The number of rotatable bonds is 5. The van der Waals surface area contributed by atoms with E-state index in [0.717, 1.165) is 5.56 Å². The molecular formula is C11H16O3. The van der Waals surface area contributed by atoms with Crippen LogP contribution < -0.4 is 0 Å². The van der Waals surface area contributed by atoms with E-state index >= 15 is 0 Å². The minimum Gasteiger partial charge on any atom is -0.394 e. The number of benzene rings is 1. The third kappa shape index (κ3) is 3.46. The van der Waals surface area contributed by atoms with Crippen molar-refractivity contribution in [1.82, 2.24) is 0 Å². The highest BCUT2D eigenvalue weighted by molar-refractivity contribution is 5.14. The lowest BCUT2D eigenvalue weighted by Gasteiger charge is -2.14. The highest BCUT2D eigenvalue weighted by Gasteiger charge is 2.14. The van der Waals surface area contributed by atoms with Crippen molar-refractivity contribution in [2.45, 2.75) is 25.0 Å². The molecule has 0 saturated heterocycles. The Morgan fingerprint density at radius 1 is 1.00 bits per heavy atom. The van der Waals surface area contributed by atoms with Gasteiger partial charge < -0.3 is 15.3 Å². The van der Waals surface area contributed by atoms with Crippen LogP contribution in [0, 0.1) is 0 Å². The van der Waals surface area contributed by atoms with E-state index in [1.165, 1.54) is 0 Å². The van der Waals surface area contributed by atoms with Crippen LogP contribution in [0.3, 0.4) is 0 Å². The largest absolute Gasteiger partial charge is 0.394 e. The molecule has 1 aromatic carbocycles. The average Bonchev–Trinajstić information content (AvgIpc) is 2.26. The summed E-state index contributed by atoms with van der Waals surface area (Å²) in [7, 11) is 0. The molecule has 2 atom stereocenters. The van der Waals surface area contributed by atoms with E-state index in [2.05, 4.69) is 0 Å². The normalized spacial score (nSPS) is 15.1. The molecule has 0 saturated carbocycles. The summed E-state index contributed by atoms with van der Waals surface area (Å²) in [6.07, 6.45) is -0.705. The third-order valence-electron chi connectivity index (χ3n) is 2.20. The maximum atomic E-state index is 9.37. The Labute approximate surface area is 83.6 Å². The summed E-state index contributed by atoms with van der Waals surface area (Å²) < 4.78 is 0. The molecule has 0 fully saturated rings. The van der Waals surface area contributed by atoms with Gasteiger partial charge in [0.1, 0.15) is 6.10 Å². The molecule has 14 heavy (non-hydrogen) atoms. The van der Waals surface area contributed by atoms with Gasteiger partial charge in [-0.3, -0.25) is 0 Å². The van der Waals surface area contributed by atoms with E-state index in [-0.39, 0.29) is 0 Å². The maximum Gasteiger partial charge on any atom is 0.103 e. The summed E-state index contributed by atoms with van der Waals surface area (Å²) in [5.74, 6) is 0. The van der Waals surface area contributed by atoms with Gasteiger partial charge in [-0.15, -0.1) is 0 Å². The fraction of sp³-hybridized carbons (Fsp3) is 0.455. The number of aryl methyl sites for hydroxylation is 1. The van der Waals surface area contributed by atoms with Crippen LogP contribution in [0.15, 0.2) is 30.3 Å². The monoisotopic (exact) mass is 196 g/mol. The van der Waals surface area contributed by atoms with Crippen molar-refractivity contribution in [1.29, 1.82) is 0 Å². The highest BCUT2D eigenvalue weighted by Crippen LogP contribution is 2.07. The summed E-state index contributed by atoms with van der Waals surface area (Å²) in [4.78, 5) is 0. The second-order valence-corrected chi connectivity index (χ2v) is 3.34. The standard InChI is InChI=1S/C11H16O3/c12-8-11(14)10(13)7-6-9-4-2-1-3-5-9/h1-5,10-14H,6-8H2/t10-,11-/m1/s1. The van der Waals surface area contributed by atoms with Gasteiger partial charge in [0.15, 0.2) is 0 Å². The van der Waals surface area contributed by atoms with E-state index in [9.17, 15) is 5.11 Å². The van der Waals surface area contributed by atoms with Crippen molar-refractivity contribution < 1.29 is 15.3 Å². The molecule has 0 aliphatic rings. The van der Waals surface area contributed by atoms with Crippen molar-refractivity contribution in [2.75, 3.05) is 6.61 Å². The topological polar surface area (TPSA) is 60.7 Å². The van der Waals surface area contributed by atoms with Gasteiger partial charge in [-0.2, -0.15) is 0 Å². The smallest absolute Gasteiger partial charge is 0.103 e. The Kier molecular flexibility index (Phi) is 4.59. The molecule has 0 aliphatic carbocycles. The second kappa shape index (κ2) is 5.75. The van der Waals surface area contributed by atoms with Gasteiger partial charge in [-0.05, 0) is 18.4 Å². The Morgan fingerprint density at radius 2 is 1.64 bits per heavy atom. The van der Waals surface area contributed by atoms with Crippen molar-refractivity contribution in [2.24, 2.45) is 0 Å². The van der Waals surface area contributed by atoms with Gasteiger partial charge in [0.2, 0.25) is 0 Å². The van der Waals surface area contributed by atoms with Crippen molar-refractivity contribution in [3.63, 3.8) is 0 Å². The lowest BCUT2D eigenvalue weighted by molar-refractivity contribution is -0.0172. The molecule has 78 valence electrons. The Morgan fingerprint density at radius 3 is 2.21 bits per heavy atom. The van der Waals surface area contributed by atoms with Crippen LogP contribution in [0.1, 0.15) is 12.0 Å². The molecule has 0 heterocycles. The predicted octanol–water partition coefficient (Wildman–Crippen LogP) is 0.333. The van der Waals surface area contributed by atoms with Gasteiger partial charge in [-0.1, -0.05) is 30.3 Å². The quantitative estimate of drug-likeness (QED) is 0.636. The van der Waals surface area contributed by atoms with Crippen molar-refractivity contribution in [3.8, 4) is 0 Å². The van der Waals surface area contributed by atoms with Gasteiger partial charge >= 0.3 is 0 Å². The zero-order valence-electron chi connectivity index (χ0n) is 8.00. The van der Waals surface area contributed by atoms with E-state index in [1.54, 1.807) is 0 Å². The zero-order chi connectivity index (χ0) is 10.4. The van der Waals surface area contributed by atoms with Crippen LogP contribution in [0.2, 0.25) is 0 Å². The minimum atomic E-state index is -1.03. The summed E-state index contributed by atoms with van der Waals surface area (Å²) in [6, 6.07) is 9.74. The highest BCUT2D eigenvalue weighted by atomic mass is 16.4. The molecule has 1 aromatic rings. The van der Waals surface area contributed by atoms with Crippen LogP contribution in [-0.2, 0) is 6.42 Å². The lowest BCUT2D eigenvalue weighted by atomic mass is 10.0. The van der Waals surface area contributed by atoms with Crippen LogP contribution in [0.4, 0.5) is 0 Å². The molecule has 0 aliphatic heterocycles. The van der Waals surface area contributed by atoms with Gasteiger partial charge in [-0.25, -0.2) is 0 Å². The molecule has 1 rings (SSSR count). The molecule has 3 heteroatoms. The second-order valence-electron chi connectivity index (χ2n) is 3.34. The molecule has 0 spiro atoms. The molecule has 0 bridgehead atoms. The first-order valence-corrected chi connectivity index (χ1v) is 4.75. The first-order valence-electron chi connectivity index (χ1n) is 4.75. The first-order chi connectivity index (χ1) is 6.74.